The zero-order valence-corrected chi connectivity index (χ0v) is 10.8. The van der Waals surface area contributed by atoms with Crippen LogP contribution in [0.2, 0.25) is 0 Å². The number of rotatable bonds is 2. The van der Waals surface area contributed by atoms with Gasteiger partial charge in [0, 0.05) is 17.5 Å². The SMILES string of the molecule is Cc1c(N)ncnc1NC1CCOc2ccccc21. The fourth-order valence-electron chi connectivity index (χ4n) is 2.27. The third-order valence-corrected chi connectivity index (χ3v) is 3.39. The summed E-state index contributed by atoms with van der Waals surface area (Å²) in [6, 6.07) is 8.26. The molecule has 0 radical (unpaired) electrons. The standard InChI is InChI=1S/C14H16N4O/c1-9-13(15)16-8-17-14(9)18-11-6-7-19-12-5-3-2-4-10(11)12/h2-5,8,11H,6-7H2,1H3,(H3,15,16,17,18). The highest BCUT2D eigenvalue weighted by atomic mass is 16.5. The van der Waals surface area contributed by atoms with E-state index in [2.05, 4.69) is 21.4 Å². The van der Waals surface area contributed by atoms with E-state index in [1.807, 2.05) is 25.1 Å². The van der Waals surface area contributed by atoms with E-state index in [0.29, 0.717) is 12.4 Å². The maximum atomic E-state index is 5.80. The molecule has 1 unspecified atom stereocenters. The van der Waals surface area contributed by atoms with Crippen LogP contribution >= 0.6 is 0 Å². The summed E-state index contributed by atoms with van der Waals surface area (Å²) in [5, 5.41) is 3.44. The summed E-state index contributed by atoms with van der Waals surface area (Å²) in [6.45, 7) is 2.62. The van der Waals surface area contributed by atoms with Crippen molar-refractivity contribution in [3.05, 3.63) is 41.7 Å². The van der Waals surface area contributed by atoms with E-state index in [1.165, 1.54) is 6.33 Å². The molecule has 2 heterocycles. The van der Waals surface area contributed by atoms with Crippen LogP contribution in [0.15, 0.2) is 30.6 Å². The summed E-state index contributed by atoms with van der Waals surface area (Å²) >= 11 is 0. The van der Waals surface area contributed by atoms with E-state index in [9.17, 15) is 0 Å². The fourth-order valence-corrected chi connectivity index (χ4v) is 2.27. The minimum Gasteiger partial charge on any atom is -0.493 e. The Morgan fingerprint density at radius 3 is 3.05 bits per heavy atom. The summed E-state index contributed by atoms with van der Waals surface area (Å²) < 4.78 is 5.65. The van der Waals surface area contributed by atoms with Crippen molar-refractivity contribution in [1.29, 1.82) is 0 Å². The molecule has 0 spiro atoms. The Labute approximate surface area is 111 Å². The third-order valence-electron chi connectivity index (χ3n) is 3.39. The van der Waals surface area contributed by atoms with Crippen molar-refractivity contribution in [1.82, 2.24) is 9.97 Å². The first-order valence-electron chi connectivity index (χ1n) is 6.31. The lowest BCUT2D eigenvalue weighted by molar-refractivity contribution is 0.274. The summed E-state index contributed by atoms with van der Waals surface area (Å²) in [6.07, 6.45) is 2.39. The van der Waals surface area contributed by atoms with Gasteiger partial charge in [-0.2, -0.15) is 0 Å². The maximum Gasteiger partial charge on any atom is 0.134 e. The molecule has 1 aliphatic rings. The molecule has 0 saturated heterocycles. The first-order valence-corrected chi connectivity index (χ1v) is 6.31. The normalized spacial score (nSPS) is 17.4. The van der Waals surface area contributed by atoms with Gasteiger partial charge in [-0.05, 0) is 13.0 Å². The minimum absolute atomic E-state index is 0.193. The van der Waals surface area contributed by atoms with Crippen molar-refractivity contribution in [2.45, 2.75) is 19.4 Å². The number of benzene rings is 1. The highest BCUT2D eigenvalue weighted by molar-refractivity contribution is 5.55. The molecule has 5 nitrogen and oxygen atoms in total. The smallest absolute Gasteiger partial charge is 0.134 e. The van der Waals surface area contributed by atoms with Gasteiger partial charge in [0.1, 0.15) is 23.7 Å². The van der Waals surface area contributed by atoms with Gasteiger partial charge in [0.15, 0.2) is 0 Å². The molecule has 1 atom stereocenters. The molecule has 3 rings (SSSR count). The molecule has 1 aromatic heterocycles. The number of anilines is 2. The van der Waals surface area contributed by atoms with Crippen LogP contribution < -0.4 is 15.8 Å². The van der Waals surface area contributed by atoms with Crippen molar-refractivity contribution >= 4 is 11.6 Å². The lowest BCUT2D eigenvalue weighted by Gasteiger charge is -2.27. The van der Waals surface area contributed by atoms with Crippen LogP contribution in [-0.4, -0.2) is 16.6 Å². The van der Waals surface area contributed by atoms with Crippen LogP contribution in [0.25, 0.3) is 0 Å². The highest BCUT2D eigenvalue weighted by Gasteiger charge is 2.21. The van der Waals surface area contributed by atoms with Gasteiger partial charge in [0.25, 0.3) is 0 Å². The van der Waals surface area contributed by atoms with Crippen LogP contribution in [0.5, 0.6) is 5.75 Å². The first-order chi connectivity index (χ1) is 9.25. The minimum atomic E-state index is 0.193. The second-order valence-electron chi connectivity index (χ2n) is 4.60. The van der Waals surface area contributed by atoms with Crippen molar-refractivity contribution in [3.8, 4) is 5.75 Å². The molecule has 0 amide bonds. The second-order valence-corrected chi connectivity index (χ2v) is 4.60. The van der Waals surface area contributed by atoms with Gasteiger partial charge in [0.2, 0.25) is 0 Å². The fraction of sp³-hybridized carbons (Fsp3) is 0.286. The Morgan fingerprint density at radius 1 is 1.32 bits per heavy atom. The summed E-state index contributed by atoms with van der Waals surface area (Å²) in [7, 11) is 0. The van der Waals surface area contributed by atoms with Crippen LogP contribution in [-0.2, 0) is 0 Å². The predicted molar refractivity (Wildman–Crippen MR) is 74.1 cm³/mol. The van der Waals surface area contributed by atoms with E-state index < -0.39 is 0 Å². The molecule has 0 bridgehead atoms. The summed E-state index contributed by atoms with van der Waals surface area (Å²) in [4.78, 5) is 8.24. The largest absolute Gasteiger partial charge is 0.493 e. The Bertz CT molecular complexity index is 600. The lowest BCUT2D eigenvalue weighted by Crippen LogP contribution is -2.21. The molecule has 98 valence electrons. The highest BCUT2D eigenvalue weighted by Crippen LogP contribution is 2.34. The quantitative estimate of drug-likeness (QED) is 0.862. The maximum absolute atomic E-state index is 5.80. The molecule has 5 heteroatoms. The molecule has 0 saturated carbocycles. The zero-order chi connectivity index (χ0) is 13.2. The number of fused-ring (bicyclic) bond motifs is 1. The third kappa shape index (κ3) is 2.19. The van der Waals surface area contributed by atoms with Crippen LogP contribution in [0.1, 0.15) is 23.6 Å². The topological polar surface area (TPSA) is 73.1 Å². The number of nitrogens with one attached hydrogen (secondary N) is 1. The predicted octanol–water partition coefficient (Wildman–Crippen LogP) is 2.30. The van der Waals surface area contributed by atoms with Crippen LogP contribution in [0, 0.1) is 6.92 Å². The van der Waals surface area contributed by atoms with Crippen molar-refractivity contribution in [2.24, 2.45) is 0 Å². The average Bonchev–Trinajstić information content (AvgIpc) is 2.44. The molecular formula is C14H16N4O. The van der Waals surface area contributed by atoms with E-state index >= 15 is 0 Å². The van der Waals surface area contributed by atoms with Gasteiger partial charge >= 0.3 is 0 Å². The Kier molecular flexibility index (Phi) is 2.95. The number of hydrogen-bond donors (Lipinski definition) is 2. The lowest BCUT2D eigenvalue weighted by atomic mass is 10.0. The number of ether oxygens (including phenoxy) is 1. The van der Waals surface area contributed by atoms with Crippen molar-refractivity contribution < 1.29 is 4.74 Å². The van der Waals surface area contributed by atoms with Gasteiger partial charge in [-0.1, -0.05) is 18.2 Å². The van der Waals surface area contributed by atoms with Gasteiger partial charge in [-0.3, -0.25) is 0 Å². The molecule has 0 fully saturated rings. The van der Waals surface area contributed by atoms with Gasteiger partial charge in [-0.15, -0.1) is 0 Å². The molecule has 1 aromatic carbocycles. The van der Waals surface area contributed by atoms with Crippen LogP contribution in [0.3, 0.4) is 0 Å². The number of nitrogens with two attached hydrogens (primary N) is 1. The molecule has 1 aliphatic heterocycles. The Morgan fingerprint density at radius 2 is 2.16 bits per heavy atom. The van der Waals surface area contributed by atoms with E-state index in [-0.39, 0.29) is 6.04 Å². The van der Waals surface area contributed by atoms with Crippen LogP contribution in [0.4, 0.5) is 11.6 Å². The average molecular weight is 256 g/mol. The molecule has 19 heavy (non-hydrogen) atoms. The number of para-hydroxylation sites is 1. The molecular weight excluding hydrogens is 240 g/mol. The molecule has 0 aliphatic carbocycles. The summed E-state index contributed by atoms with van der Waals surface area (Å²) in [5.41, 5.74) is 7.84. The number of hydrogen-bond acceptors (Lipinski definition) is 5. The van der Waals surface area contributed by atoms with Crippen molar-refractivity contribution in [2.75, 3.05) is 17.7 Å². The van der Waals surface area contributed by atoms with Gasteiger partial charge in [-0.25, -0.2) is 9.97 Å². The monoisotopic (exact) mass is 256 g/mol. The molecule has 2 aromatic rings. The number of nitrogens with zero attached hydrogens (tertiary/aromatic N) is 2. The number of aromatic nitrogens is 2. The Balaban J connectivity index is 1.91. The molecule has 3 N–H and O–H groups in total. The Hall–Kier alpha value is -2.30. The zero-order valence-electron chi connectivity index (χ0n) is 10.8. The van der Waals surface area contributed by atoms with E-state index in [0.717, 1.165) is 29.1 Å². The number of nitrogen functional groups attached to an aromatic ring is 1. The van der Waals surface area contributed by atoms with Gasteiger partial charge in [0.05, 0.1) is 12.6 Å². The second kappa shape index (κ2) is 4.76. The van der Waals surface area contributed by atoms with Crippen molar-refractivity contribution in [3.63, 3.8) is 0 Å². The summed E-state index contributed by atoms with van der Waals surface area (Å²) in [5.74, 6) is 2.23. The first kappa shape index (κ1) is 11.8. The van der Waals surface area contributed by atoms with Gasteiger partial charge < -0.3 is 15.8 Å². The van der Waals surface area contributed by atoms with E-state index in [1.54, 1.807) is 0 Å². The van der Waals surface area contributed by atoms with E-state index in [4.69, 9.17) is 10.5 Å².